The molecule has 2 aromatic carbocycles. The molecule has 27 heavy (non-hydrogen) atoms. The third-order valence-corrected chi connectivity index (χ3v) is 4.68. The average Bonchev–Trinajstić information content (AvgIpc) is 3.03. The Hall–Kier alpha value is -2.64. The summed E-state index contributed by atoms with van der Waals surface area (Å²) < 4.78 is 7.46. The summed E-state index contributed by atoms with van der Waals surface area (Å²) >= 11 is 11.3. The minimum absolute atomic E-state index is 0.107. The summed E-state index contributed by atoms with van der Waals surface area (Å²) in [7, 11) is 1.62. The lowest BCUT2D eigenvalue weighted by molar-refractivity contribution is -0.116. The highest BCUT2D eigenvalue weighted by Gasteiger charge is 2.12. The smallest absolute Gasteiger partial charge is 0.226 e. The SMILES string of the molecule is COc1ccc(-c2n[nH]c(=S)n2CCC(=O)Nc2ccc(Cl)cc2C)cc1. The lowest BCUT2D eigenvalue weighted by Crippen LogP contribution is -2.15. The number of aromatic amines is 1. The number of H-pyrrole nitrogens is 1. The van der Waals surface area contributed by atoms with Gasteiger partial charge < -0.3 is 10.1 Å². The number of rotatable bonds is 6. The van der Waals surface area contributed by atoms with Crippen molar-refractivity contribution < 1.29 is 9.53 Å². The van der Waals surface area contributed by atoms with Gasteiger partial charge in [0.1, 0.15) is 5.75 Å². The number of carbonyl (C=O) groups is 1. The number of nitrogens with zero attached hydrogens (tertiary/aromatic N) is 2. The third kappa shape index (κ3) is 4.56. The number of benzene rings is 2. The van der Waals surface area contributed by atoms with Crippen molar-refractivity contribution in [3.8, 4) is 17.1 Å². The van der Waals surface area contributed by atoms with Crippen LogP contribution in [0, 0.1) is 11.7 Å². The third-order valence-electron chi connectivity index (χ3n) is 4.13. The Balaban J connectivity index is 1.71. The van der Waals surface area contributed by atoms with Gasteiger partial charge in [-0.25, -0.2) is 0 Å². The molecule has 0 bridgehead atoms. The molecule has 140 valence electrons. The Morgan fingerprint density at radius 1 is 1.30 bits per heavy atom. The standard InChI is InChI=1S/C19H19ClN4O2S/c1-12-11-14(20)5-8-16(12)21-17(25)9-10-24-18(22-23-19(24)27)13-3-6-15(26-2)7-4-13/h3-8,11H,9-10H2,1-2H3,(H,21,25)(H,23,27). The molecule has 0 spiro atoms. The Morgan fingerprint density at radius 3 is 2.70 bits per heavy atom. The number of aryl methyl sites for hydroxylation is 1. The highest BCUT2D eigenvalue weighted by atomic mass is 35.5. The normalized spacial score (nSPS) is 10.6. The van der Waals surface area contributed by atoms with Crippen LogP contribution in [0.4, 0.5) is 5.69 Å². The molecule has 0 saturated carbocycles. The number of amides is 1. The van der Waals surface area contributed by atoms with Crippen molar-refractivity contribution in [3.63, 3.8) is 0 Å². The highest BCUT2D eigenvalue weighted by Crippen LogP contribution is 2.22. The molecule has 2 N–H and O–H groups in total. The van der Waals surface area contributed by atoms with Crippen molar-refractivity contribution in [2.24, 2.45) is 0 Å². The maximum absolute atomic E-state index is 12.3. The van der Waals surface area contributed by atoms with E-state index in [1.165, 1.54) is 0 Å². The summed E-state index contributed by atoms with van der Waals surface area (Å²) in [6.45, 7) is 2.31. The van der Waals surface area contributed by atoms with Crippen LogP contribution in [0.5, 0.6) is 5.75 Å². The first-order chi connectivity index (χ1) is 13.0. The lowest BCUT2D eigenvalue weighted by Gasteiger charge is -2.10. The minimum atomic E-state index is -0.107. The highest BCUT2D eigenvalue weighted by molar-refractivity contribution is 7.71. The van der Waals surface area contributed by atoms with Gasteiger partial charge in [-0.2, -0.15) is 5.10 Å². The van der Waals surface area contributed by atoms with Crippen LogP contribution >= 0.6 is 23.8 Å². The second-order valence-electron chi connectivity index (χ2n) is 5.99. The van der Waals surface area contributed by atoms with E-state index in [1.807, 2.05) is 41.8 Å². The molecular formula is C19H19ClN4O2S. The zero-order chi connectivity index (χ0) is 19.4. The number of hydrogen-bond acceptors (Lipinski definition) is 4. The summed E-state index contributed by atoms with van der Waals surface area (Å²) in [5, 5.41) is 10.6. The van der Waals surface area contributed by atoms with E-state index in [4.69, 9.17) is 28.6 Å². The molecule has 3 aromatic rings. The number of hydrogen-bond donors (Lipinski definition) is 2. The second kappa shape index (κ2) is 8.37. The van der Waals surface area contributed by atoms with Gasteiger partial charge in [-0.3, -0.25) is 14.5 Å². The molecule has 1 amide bonds. The number of methoxy groups -OCH3 is 1. The van der Waals surface area contributed by atoms with E-state index >= 15 is 0 Å². The zero-order valence-electron chi connectivity index (χ0n) is 15.0. The Kier molecular flexibility index (Phi) is 5.93. The van der Waals surface area contributed by atoms with Crippen LogP contribution in [0.25, 0.3) is 11.4 Å². The van der Waals surface area contributed by atoms with Gasteiger partial charge in [0.05, 0.1) is 7.11 Å². The van der Waals surface area contributed by atoms with E-state index in [1.54, 1.807) is 19.2 Å². The van der Waals surface area contributed by atoms with Crippen LogP contribution in [-0.2, 0) is 11.3 Å². The molecule has 0 aliphatic rings. The van der Waals surface area contributed by atoms with Gasteiger partial charge in [0.25, 0.3) is 0 Å². The number of ether oxygens (including phenoxy) is 1. The summed E-state index contributed by atoms with van der Waals surface area (Å²) in [5.41, 5.74) is 2.54. The van der Waals surface area contributed by atoms with E-state index in [0.717, 1.165) is 22.6 Å². The van der Waals surface area contributed by atoms with Crippen LogP contribution in [0.1, 0.15) is 12.0 Å². The van der Waals surface area contributed by atoms with Gasteiger partial charge in [-0.1, -0.05) is 11.6 Å². The molecule has 6 nitrogen and oxygen atoms in total. The van der Waals surface area contributed by atoms with Crippen LogP contribution < -0.4 is 10.1 Å². The molecule has 8 heteroatoms. The van der Waals surface area contributed by atoms with E-state index in [-0.39, 0.29) is 12.3 Å². The number of aromatic nitrogens is 3. The number of anilines is 1. The fraction of sp³-hybridized carbons (Fsp3) is 0.211. The summed E-state index contributed by atoms with van der Waals surface area (Å²) in [5.74, 6) is 1.33. The fourth-order valence-corrected chi connectivity index (χ4v) is 3.13. The maximum Gasteiger partial charge on any atom is 0.226 e. The van der Waals surface area contributed by atoms with Crippen molar-refractivity contribution in [3.05, 3.63) is 57.8 Å². The molecule has 0 atom stereocenters. The van der Waals surface area contributed by atoms with E-state index < -0.39 is 0 Å². The van der Waals surface area contributed by atoms with Crippen molar-refractivity contribution in [2.45, 2.75) is 19.9 Å². The first kappa shape index (κ1) is 19.1. The van der Waals surface area contributed by atoms with Gasteiger partial charge in [0.2, 0.25) is 5.91 Å². The molecule has 1 heterocycles. The molecular weight excluding hydrogens is 384 g/mol. The number of nitrogens with one attached hydrogen (secondary N) is 2. The Bertz CT molecular complexity index is 1010. The van der Waals surface area contributed by atoms with Crippen LogP contribution in [0.2, 0.25) is 5.02 Å². The Labute approximate surface area is 167 Å². The molecule has 0 radical (unpaired) electrons. The Morgan fingerprint density at radius 2 is 2.04 bits per heavy atom. The predicted octanol–water partition coefficient (Wildman–Crippen LogP) is 4.61. The molecule has 0 fully saturated rings. The van der Waals surface area contributed by atoms with Crippen molar-refractivity contribution >= 4 is 35.4 Å². The quantitative estimate of drug-likeness (QED) is 0.591. The predicted molar refractivity (Wildman–Crippen MR) is 109 cm³/mol. The first-order valence-corrected chi connectivity index (χ1v) is 9.12. The largest absolute Gasteiger partial charge is 0.497 e. The number of halogens is 1. The molecule has 3 rings (SSSR count). The van der Waals surface area contributed by atoms with Crippen LogP contribution in [0.15, 0.2) is 42.5 Å². The van der Waals surface area contributed by atoms with Gasteiger partial charge in [0, 0.05) is 29.2 Å². The van der Waals surface area contributed by atoms with Gasteiger partial charge in [-0.15, -0.1) is 0 Å². The average molecular weight is 403 g/mol. The topological polar surface area (TPSA) is 71.9 Å². The van der Waals surface area contributed by atoms with Gasteiger partial charge >= 0.3 is 0 Å². The molecule has 0 unspecified atom stereocenters. The summed E-state index contributed by atoms with van der Waals surface area (Å²) in [4.78, 5) is 12.3. The summed E-state index contributed by atoms with van der Waals surface area (Å²) in [6.07, 6.45) is 0.263. The molecule has 1 aromatic heterocycles. The number of carbonyl (C=O) groups excluding carboxylic acids is 1. The van der Waals surface area contributed by atoms with Crippen molar-refractivity contribution in [2.75, 3.05) is 12.4 Å². The lowest BCUT2D eigenvalue weighted by atomic mass is 10.2. The first-order valence-electron chi connectivity index (χ1n) is 8.33. The monoisotopic (exact) mass is 402 g/mol. The van der Waals surface area contributed by atoms with Gasteiger partial charge in [0.15, 0.2) is 10.6 Å². The minimum Gasteiger partial charge on any atom is -0.497 e. The molecule has 0 saturated heterocycles. The maximum atomic E-state index is 12.3. The second-order valence-corrected chi connectivity index (χ2v) is 6.81. The van der Waals surface area contributed by atoms with Crippen molar-refractivity contribution in [1.29, 1.82) is 0 Å². The van der Waals surface area contributed by atoms with E-state index in [9.17, 15) is 4.79 Å². The summed E-state index contributed by atoms with van der Waals surface area (Å²) in [6, 6.07) is 12.9. The van der Waals surface area contributed by atoms with E-state index in [0.29, 0.717) is 22.2 Å². The molecule has 0 aliphatic heterocycles. The molecule has 0 aliphatic carbocycles. The van der Waals surface area contributed by atoms with Crippen LogP contribution in [-0.4, -0.2) is 27.8 Å². The van der Waals surface area contributed by atoms with Gasteiger partial charge in [-0.05, 0) is 67.2 Å². The van der Waals surface area contributed by atoms with Crippen LogP contribution in [0.3, 0.4) is 0 Å². The van der Waals surface area contributed by atoms with Crippen molar-refractivity contribution in [1.82, 2.24) is 14.8 Å². The zero-order valence-corrected chi connectivity index (χ0v) is 16.5. The fourth-order valence-electron chi connectivity index (χ4n) is 2.68. The van der Waals surface area contributed by atoms with E-state index in [2.05, 4.69) is 15.5 Å².